The fraction of sp³-hybridized carbons (Fsp3) is 0.438. The molecule has 4 nitrogen and oxygen atoms in total. The van der Waals surface area contributed by atoms with Crippen LogP contribution in [-0.2, 0) is 17.7 Å². The van der Waals surface area contributed by atoms with E-state index in [0.717, 1.165) is 37.6 Å². The molecule has 0 atom stereocenters. The van der Waals surface area contributed by atoms with Gasteiger partial charge >= 0.3 is 0 Å². The summed E-state index contributed by atoms with van der Waals surface area (Å²) in [6, 6.07) is 8.21. The Balaban J connectivity index is 1.76. The van der Waals surface area contributed by atoms with Crippen LogP contribution in [0.5, 0.6) is 5.75 Å². The van der Waals surface area contributed by atoms with E-state index in [2.05, 4.69) is 22.4 Å². The first-order valence-corrected chi connectivity index (χ1v) is 7.98. The molecule has 0 aliphatic carbocycles. The lowest BCUT2D eigenvalue weighted by molar-refractivity contribution is 0.199. The highest BCUT2D eigenvalue weighted by Gasteiger charge is 2.02. The third-order valence-electron chi connectivity index (χ3n) is 3.15. The normalized spacial score (nSPS) is 10.8. The molecule has 2 rings (SSSR count). The van der Waals surface area contributed by atoms with E-state index in [1.165, 1.54) is 10.4 Å². The largest absolute Gasteiger partial charge is 0.493 e. The highest BCUT2D eigenvalue weighted by Crippen LogP contribution is 2.16. The highest BCUT2D eigenvalue weighted by molar-refractivity contribution is 7.09. The summed E-state index contributed by atoms with van der Waals surface area (Å²) in [4.78, 5) is 5.55. The Bertz CT molecular complexity index is 543. The van der Waals surface area contributed by atoms with Gasteiger partial charge in [-0.15, -0.1) is 11.3 Å². The summed E-state index contributed by atoms with van der Waals surface area (Å²) < 4.78 is 10.8. The van der Waals surface area contributed by atoms with E-state index in [1.54, 1.807) is 18.4 Å². The number of hydrogen-bond acceptors (Lipinski definition) is 5. The molecule has 1 aromatic carbocycles. The Morgan fingerprint density at radius 2 is 2.19 bits per heavy atom. The second-order valence-electron chi connectivity index (χ2n) is 4.78. The quantitative estimate of drug-likeness (QED) is 0.724. The number of benzene rings is 1. The zero-order chi connectivity index (χ0) is 14.9. The first kappa shape index (κ1) is 15.9. The molecule has 1 N–H and O–H groups in total. The van der Waals surface area contributed by atoms with Gasteiger partial charge in [0, 0.05) is 31.5 Å². The van der Waals surface area contributed by atoms with Crippen LogP contribution in [0.1, 0.15) is 16.1 Å². The van der Waals surface area contributed by atoms with E-state index in [1.807, 2.05) is 24.6 Å². The molecular formula is C16H22N2O2S. The standard InChI is InChI=1S/C16H22N2O2S/c1-13-16(21-12-18-13)6-8-20-15-5-3-4-14(10-15)11-17-7-9-19-2/h3-5,10,12,17H,6-9,11H2,1-2H3. The minimum atomic E-state index is 0.684. The molecule has 0 amide bonds. The summed E-state index contributed by atoms with van der Waals surface area (Å²) in [6.45, 7) is 5.13. The molecule has 1 heterocycles. The van der Waals surface area contributed by atoms with E-state index >= 15 is 0 Å². The van der Waals surface area contributed by atoms with Gasteiger partial charge in [0.1, 0.15) is 5.75 Å². The SMILES string of the molecule is COCCNCc1cccc(OCCc2scnc2C)c1. The molecule has 1 aromatic heterocycles. The van der Waals surface area contributed by atoms with E-state index in [4.69, 9.17) is 9.47 Å². The topological polar surface area (TPSA) is 43.4 Å². The van der Waals surface area contributed by atoms with Crippen LogP contribution in [0.15, 0.2) is 29.8 Å². The third kappa shape index (κ3) is 5.46. The van der Waals surface area contributed by atoms with Gasteiger partial charge in [-0.05, 0) is 24.6 Å². The number of hydrogen-bond donors (Lipinski definition) is 1. The molecule has 0 aliphatic heterocycles. The first-order valence-electron chi connectivity index (χ1n) is 7.10. The zero-order valence-corrected chi connectivity index (χ0v) is 13.4. The number of aromatic nitrogens is 1. The molecule has 0 bridgehead atoms. The van der Waals surface area contributed by atoms with Gasteiger partial charge in [0.05, 0.1) is 24.4 Å². The average molecular weight is 306 g/mol. The Morgan fingerprint density at radius 3 is 2.95 bits per heavy atom. The second kappa shape index (κ2) is 8.77. The average Bonchev–Trinajstić information content (AvgIpc) is 2.90. The molecule has 5 heteroatoms. The molecule has 0 aliphatic rings. The van der Waals surface area contributed by atoms with Crippen LogP contribution in [0.25, 0.3) is 0 Å². The molecule has 0 fully saturated rings. The van der Waals surface area contributed by atoms with Crippen molar-refractivity contribution in [2.45, 2.75) is 19.9 Å². The van der Waals surface area contributed by atoms with E-state index in [9.17, 15) is 0 Å². The number of nitrogens with one attached hydrogen (secondary N) is 1. The molecule has 0 saturated heterocycles. The smallest absolute Gasteiger partial charge is 0.119 e. The van der Waals surface area contributed by atoms with Crippen LogP contribution in [0, 0.1) is 6.92 Å². The summed E-state index contributed by atoms with van der Waals surface area (Å²) in [7, 11) is 1.71. The molecule has 21 heavy (non-hydrogen) atoms. The van der Waals surface area contributed by atoms with Gasteiger partial charge in [-0.25, -0.2) is 4.98 Å². The van der Waals surface area contributed by atoms with Crippen molar-refractivity contribution in [1.29, 1.82) is 0 Å². The minimum absolute atomic E-state index is 0.684. The number of methoxy groups -OCH3 is 1. The maximum atomic E-state index is 5.83. The van der Waals surface area contributed by atoms with Crippen molar-refractivity contribution in [3.05, 3.63) is 45.9 Å². The summed E-state index contributed by atoms with van der Waals surface area (Å²) in [5.74, 6) is 0.920. The van der Waals surface area contributed by atoms with Crippen molar-refractivity contribution < 1.29 is 9.47 Å². The van der Waals surface area contributed by atoms with Crippen LogP contribution in [0.4, 0.5) is 0 Å². The van der Waals surface area contributed by atoms with Crippen LogP contribution < -0.4 is 10.1 Å². The van der Waals surface area contributed by atoms with Crippen molar-refractivity contribution in [2.75, 3.05) is 26.9 Å². The molecule has 0 saturated carbocycles. The molecular weight excluding hydrogens is 284 g/mol. The Hall–Kier alpha value is -1.43. The van der Waals surface area contributed by atoms with Gasteiger partial charge in [0.15, 0.2) is 0 Å². The van der Waals surface area contributed by atoms with Gasteiger partial charge in [0.2, 0.25) is 0 Å². The summed E-state index contributed by atoms with van der Waals surface area (Å²) in [6.07, 6.45) is 0.910. The number of aryl methyl sites for hydroxylation is 1. The van der Waals surface area contributed by atoms with Gasteiger partial charge in [-0.1, -0.05) is 12.1 Å². The molecule has 0 spiro atoms. The maximum Gasteiger partial charge on any atom is 0.119 e. The Labute approximate surface area is 130 Å². The predicted molar refractivity (Wildman–Crippen MR) is 86.1 cm³/mol. The Kier molecular flexibility index (Phi) is 6.66. The lowest BCUT2D eigenvalue weighted by atomic mass is 10.2. The maximum absolute atomic E-state index is 5.83. The Morgan fingerprint density at radius 1 is 1.29 bits per heavy atom. The van der Waals surface area contributed by atoms with Crippen molar-refractivity contribution in [2.24, 2.45) is 0 Å². The fourth-order valence-electron chi connectivity index (χ4n) is 1.98. The summed E-state index contributed by atoms with van der Waals surface area (Å²) in [5, 5.41) is 3.33. The lowest BCUT2D eigenvalue weighted by Crippen LogP contribution is -2.18. The third-order valence-corrected chi connectivity index (χ3v) is 4.15. The summed E-state index contributed by atoms with van der Waals surface area (Å²) in [5.41, 5.74) is 4.22. The lowest BCUT2D eigenvalue weighted by Gasteiger charge is -2.08. The van der Waals surface area contributed by atoms with Gasteiger partial charge in [-0.3, -0.25) is 0 Å². The number of rotatable bonds is 9. The van der Waals surface area contributed by atoms with Crippen molar-refractivity contribution >= 4 is 11.3 Å². The van der Waals surface area contributed by atoms with E-state index in [0.29, 0.717) is 6.61 Å². The number of ether oxygens (including phenoxy) is 2. The molecule has 114 valence electrons. The zero-order valence-electron chi connectivity index (χ0n) is 12.6. The van der Waals surface area contributed by atoms with Crippen LogP contribution in [0.2, 0.25) is 0 Å². The van der Waals surface area contributed by atoms with Gasteiger partial charge < -0.3 is 14.8 Å². The monoisotopic (exact) mass is 306 g/mol. The first-order chi connectivity index (χ1) is 10.3. The number of thiazole rings is 1. The van der Waals surface area contributed by atoms with Crippen LogP contribution in [0.3, 0.4) is 0 Å². The molecule has 2 aromatic rings. The summed E-state index contributed by atoms with van der Waals surface area (Å²) >= 11 is 1.69. The highest BCUT2D eigenvalue weighted by atomic mass is 32.1. The molecule has 0 radical (unpaired) electrons. The molecule has 0 unspecified atom stereocenters. The van der Waals surface area contributed by atoms with Crippen LogP contribution in [-0.4, -0.2) is 31.9 Å². The number of nitrogens with zero attached hydrogens (tertiary/aromatic N) is 1. The minimum Gasteiger partial charge on any atom is -0.493 e. The van der Waals surface area contributed by atoms with E-state index < -0.39 is 0 Å². The van der Waals surface area contributed by atoms with Crippen LogP contribution >= 0.6 is 11.3 Å². The van der Waals surface area contributed by atoms with Gasteiger partial charge in [-0.2, -0.15) is 0 Å². The van der Waals surface area contributed by atoms with Gasteiger partial charge in [0.25, 0.3) is 0 Å². The van der Waals surface area contributed by atoms with Crippen molar-refractivity contribution in [3.63, 3.8) is 0 Å². The fourth-order valence-corrected chi connectivity index (χ4v) is 2.74. The van der Waals surface area contributed by atoms with E-state index in [-0.39, 0.29) is 0 Å². The predicted octanol–water partition coefficient (Wildman–Crippen LogP) is 2.81. The van der Waals surface area contributed by atoms with Crippen molar-refractivity contribution in [3.8, 4) is 5.75 Å². The second-order valence-corrected chi connectivity index (χ2v) is 5.72. The van der Waals surface area contributed by atoms with Crippen molar-refractivity contribution in [1.82, 2.24) is 10.3 Å².